The van der Waals surface area contributed by atoms with Gasteiger partial charge in [-0.05, 0) is 38.8 Å². The highest BCUT2D eigenvalue weighted by atomic mass is 16.6. The summed E-state index contributed by atoms with van der Waals surface area (Å²) in [6.07, 6.45) is 0.670. The monoisotopic (exact) mass is 346 g/mol. The number of fused-ring (bicyclic) bond motifs is 1. The van der Waals surface area contributed by atoms with Crippen LogP contribution in [-0.2, 0) is 16.0 Å². The molecule has 136 valence electrons. The summed E-state index contributed by atoms with van der Waals surface area (Å²) in [6.45, 7) is 9.15. The first kappa shape index (κ1) is 17.7. The number of benzene rings is 1. The highest BCUT2D eigenvalue weighted by molar-refractivity contribution is 5.98. The van der Waals surface area contributed by atoms with E-state index in [0.717, 1.165) is 25.2 Å². The SMILES string of the molecule is CCOC(=O)N1CC[NH+]([C@@H](C)C(=O)N2c3ccccc3C[C@@H]2C)CC1. The first-order chi connectivity index (χ1) is 12.0. The third-order valence-corrected chi connectivity index (χ3v) is 5.36. The normalized spacial score (nSPS) is 21.8. The summed E-state index contributed by atoms with van der Waals surface area (Å²) < 4.78 is 5.06. The predicted molar refractivity (Wildman–Crippen MR) is 95.8 cm³/mol. The van der Waals surface area contributed by atoms with Gasteiger partial charge in [0.1, 0.15) is 0 Å². The summed E-state index contributed by atoms with van der Waals surface area (Å²) in [5, 5.41) is 0. The molecule has 2 amide bonds. The van der Waals surface area contributed by atoms with Crippen molar-refractivity contribution in [2.24, 2.45) is 0 Å². The number of hydrogen-bond acceptors (Lipinski definition) is 3. The Morgan fingerprint density at radius 2 is 1.96 bits per heavy atom. The van der Waals surface area contributed by atoms with Crippen molar-refractivity contribution in [3.05, 3.63) is 29.8 Å². The van der Waals surface area contributed by atoms with Crippen molar-refractivity contribution >= 4 is 17.7 Å². The van der Waals surface area contributed by atoms with Crippen LogP contribution in [0.25, 0.3) is 0 Å². The number of anilines is 1. The van der Waals surface area contributed by atoms with Gasteiger partial charge in [0.15, 0.2) is 6.04 Å². The number of nitrogens with zero attached hydrogens (tertiary/aromatic N) is 2. The average Bonchev–Trinajstić information content (AvgIpc) is 2.96. The molecule has 0 aromatic heterocycles. The number of quaternary nitrogens is 1. The summed E-state index contributed by atoms with van der Waals surface area (Å²) >= 11 is 0. The van der Waals surface area contributed by atoms with Crippen molar-refractivity contribution in [1.82, 2.24) is 4.90 Å². The minimum atomic E-state index is -0.248. The fraction of sp³-hybridized carbons (Fsp3) is 0.579. The molecule has 3 rings (SSSR count). The predicted octanol–water partition coefficient (Wildman–Crippen LogP) is 0.710. The van der Waals surface area contributed by atoms with Crippen LogP contribution < -0.4 is 9.80 Å². The second-order valence-electron chi connectivity index (χ2n) is 6.96. The molecule has 25 heavy (non-hydrogen) atoms. The van der Waals surface area contributed by atoms with E-state index in [1.54, 1.807) is 4.90 Å². The van der Waals surface area contributed by atoms with Crippen LogP contribution in [0.4, 0.5) is 10.5 Å². The van der Waals surface area contributed by atoms with E-state index in [9.17, 15) is 9.59 Å². The van der Waals surface area contributed by atoms with E-state index in [-0.39, 0.29) is 24.1 Å². The lowest BCUT2D eigenvalue weighted by molar-refractivity contribution is -0.917. The van der Waals surface area contributed by atoms with Gasteiger partial charge in [-0.2, -0.15) is 0 Å². The summed E-state index contributed by atoms with van der Waals surface area (Å²) in [4.78, 5) is 29.9. The third kappa shape index (κ3) is 3.49. The van der Waals surface area contributed by atoms with Crippen molar-refractivity contribution in [2.45, 2.75) is 39.3 Å². The molecule has 2 heterocycles. The zero-order chi connectivity index (χ0) is 18.0. The topological polar surface area (TPSA) is 54.3 Å². The molecule has 1 aromatic rings. The van der Waals surface area contributed by atoms with Crippen LogP contribution in [0.2, 0.25) is 0 Å². The lowest BCUT2D eigenvalue weighted by Gasteiger charge is -2.36. The van der Waals surface area contributed by atoms with Crippen molar-refractivity contribution in [3.63, 3.8) is 0 Å². The van der Waals surface area contributed by atoms with E-state index in [4.69, 9.17) is 4.74 Å². The largest absolute Gasteiger partial charge is 0.450 e. The Balaban J connectivity index is 1.63. The number of rotatable bonds is 3. The van der Waals surface area contributed by atoms with Crippen molar-refractivity contribution < 1.29 is 19.2 Å². The van der Waals surface area contributed by atoms with Gasteiger partial charge in [0.2, 0.25) is 0 Å². The van der Waals surface area contributed by atoms with Crippen LogP contribution >= 0.6 is 0 Å². The highest BCUT2D eigenvalue weighted by Crippen LogP contribution is 2.32. The van der Waals surface area contributed by atoms with E-state index < -0.39 is 0 Å². The molecule has 6 heteroatoms. The molecular formula is C19H28N3O3+. The number of carbonyl (C=O) groups excluding carboxylic acids is 2. The first-order valence-corrected chi connectivity index (χ1v) is 9.20. The van der Waals surface area contributed by atoms with Crippen LogP contribution in [0.1, 0.15) is 26.3 Å². The van der Waals surface area contributed by atoms with Gasteiger partial charge in [0.25, 0.3) is 5.91 Å². The van der Waals surface area contributed by atoms with E-state index in [0.29, 0.717) is 19.7 Å². The standard InChI is InChI=1S/C19H27N3O3/c1-4-25-19(24)21-11-9-20(10-12-21)15(3)18(23)22-14(2)13-16-7-5-6-8-17(16)22/h5-8,14-15H,4,9-13H2,1-3H3/p+1/t14-,15-/m0/s1. The van der Waals surface area contributed by atoms with Gasteiger partial charge in [-0.1, -0.05) is 18.2 Å². The lowest BCUT2D eigenvalue weighted by atomic mass is 10.1. The third-order valence-electron chi connectivity index (χ3n) is 5.36. The Bertz CT molecular complexity index is 641. The van der Waals surface area contributed by atoms with Crippen LogP contribution in [0, 0.1) is 0 Å². The summed E-state index contributed by atoms with van der Waals surface area (Å²) in [7, 11) is 0. The highest BCUT2D eigenvalue weighted by Gasteiger charge is 2.38. The second-order valence-corrected chi connectivity index (χ2v) is 6.96. The van der Waals surface area contributed by atoms with Crippen LogP contribution in [0.3, 0.4) is 0 Å². The molecule has 0 aliphatic carbocycles. The molecule has 0 saturated carbocycles. The van der Waals surface area contributed by atoms with Gasteiger partial charge in [0.05, 0.1) is 32.8 Å². The fourth-order valence-electron chi connectivity index (χ4n) is 3.91. The quantitative estimate of drug-likeness (QED) is 0.877. The van der Waals surface area contributed by atoms with Crippen molar-refractivity contribution in [3.8, 4) is 0 Å². The Hall–Kier alpha value is -2.08. The molecule has 0 radical (unpaired) electrons. The fourth-order valence-corrected chi connectivity index (χ4v) is 3.91. The zero-order valence-corrected chi connectivity index (χ0v) is 15.3. The minimum absolute atomic E-state index is 0.113. The van der Waals surface area contributed by atoms with Crippen molar-refractivity contribution in [2.75, 3.05) is 37.7 Å². The summed E-state index contributed by atoms with van der Waals surface area (Å²) in [5.74, 6) is 0.178. The molecular weight excluding hydrogens is 318 g/mol. The smallest absolute Gasteiger partial charge is 0.410 e. The number of hydrogen-bond donors (Lipinski definition) is 1. The van der Waals surface area contributed by atoms with Gasteiger partial charge < -0.3 is 14.5 Å². The number of piperazine rings is 1. The first-order valence-electron chi connectivity index (χ1n) is 9.20. The second kappa shape index (κ2) is 7.44. The van der Waals surface area contributed by atoms with Gasteiger partial charge >= 0.3 is 6.09 Å². The van der Waals surface area contributed by atoms with Gasteiger partial charge in [-0.3, -0.25) is 9.69 Å². The number of nitrogens with one attached hydrogen (secondary N) is 1. The molecule has 1 saturated heterocycles. The van der Waals surface area contributed by atoms with Gasteiger partial charge in [-0.25, -0.2) is 4.79 Å². The minimum Gasteiger partial charge on any atom is -0.450 e. The maximum absolute atomic E-state index is 13.1. The molecule has 6 nitrogen and oxygen atoms in total. The number of carbonyl (C=O) groups is 2. The molecule has 1 aromatic carbocycles. The Morgan fingerprint density at radius 1 is 1.28 bits per heavy atom. The van der Waals surface area contributed by atoms with Gasteiger partial charge in [0, 0.05) is 11.7 Å². The lowest BCUT2D eigenvalue weighted by Crippen LogP contribution is -3.19. The Kier molecular flexibility index (Phi) is 5.27. The Morgan fingerprint density at radius 3 is 2.64 bits per heavy atom. The maximum atomic E-state index is 13.1. The summed E-state index contributed by atoms with van der Waals surface area (Å²) in [6, 6.07) is 8.26. The van der Waals surface area contributed by atoms with Crippen LogP contribution in [-0.4, -0.2) is 61.8 Å². The number of para-hydroxylation sites is 1. The van der Waals surface area contributed by atoms with Crippen molar-refractivity contribution in [1.29, 1.82) is 0 Å². The Labute approximate surface area is 149 Å². The molecule has 2 atom stereocenters. The molecule has 2 aliphatic rings. The molecule has 1 fully saturated rings. The van der Waals surface area contributed by atoms with E-state index in [1.165, 1.54) is 10.5 Å². The molecule has 0 bridgehead atoms. The zero-order valence-electron chi connectivity index (χ0n) is 15.3. The summed E-state index contributed by atoms with van der Waals surface area (Å²) in [5.41, 5.74) is 2.30. The van der Waals surface area contributed by atoms with E-state index in [1.807, 2.05) is 36.9 Å². The van der Waals surface area contributed by atoms with E-state index >= 15 is 0 Å². The average molecular weight is 346 g/mol. The van der Waals surface area contributed by atoms with Crippen LogP contribution in [0.5, 0.6) is 0 Å². The molecule has 1 N–H and O–H groups in total. The van der Waals surface area contributed by atoms with E-state index in [2.05, 4.69) is 13.0 Å². The number of amides is 2. The van der Waals surface area contributed by atoms with Gasteiger partial charge in [-0.15, -0.1) is 0 Å². The molecule has 0 spiro atoms. The maximum Gasteiger partial charge on any atom is 0.410 e. The van der Waals surface area contributed by atoms with Crippen LogP contribution in [0.15, 0.2) is 24.3 Å². The molecule has 0 unspecified atom stereocenters. The molecule has 2 aliphatic heterocycles. The number of ether oxygens (including phenoxy) is 1.